The number of carbonyl (C=O) groups is 2. The van der Waals surface area contributed by atoms with Crippen molar-refractivity contribution in [2.75, 3.05) is 18.4 Å². The molecule has 7 heteroatoms. The molecular weight excluding hydrogens is 362 g/mol. The first-order chi connectivity index (χ1) is 11.0. The third-order valence-corrected chi connectivity index (χ3v) is 4.10. The van der Waals surface area contributed by atoms with Gasteiger partial charge < -0.3 is 20.4 Å². The van der Waals surface area contributed by atoms with Crippen molar-refractivity contribution in [1.82, 2.24) is 4.90 Å². The highest BCUT2D eigenvalue weighted by Gasteiger charge is 2.24. The summed E-state index contributed by atoms with van der Waals surface area (Å²) in [6.07, 6.45) is 0.815. The van der Waals surface area contributed by atoms with E-state index in [9.17, 15) is 9.59 Å². The molecule has 0 unspecified atom stereocenters. The maximum absolute atomic E-state index is 12.4. The van der Waals surface area contributed by atoms with Gasteiger partial charge in [-0.2, -0.15) is 0 Å². The molecule has 1 fully saturated rings. The molecule has 1 aliphatic heterocycles. The topological polar surface area (TPSA) is 88.6 Å². The molecule has 0 spiro atoms. The smallest absolute Gasteiger partial charge is 0.291 e. The van der Waals surface area contributed by atoms with Crippen molar-refractivity contribution < 1.29 is 14.0 Å². The van der Waals surface area contributed by atoms with Crippen LogP contribution in [0, 0.1) is 0 Å². The first-order valence-electron chi connectivity index (χ1n) is 7.24. The minimum Gasteiger partial charge on any atom is -0.444 e. The number of hydrogen-bond acceptors (Lipinski definition) is 4. The van der Waals surface area contributed by atoms with Crippen LogP contribution in [0.4, 0.5) is 5.69 Å². The summed E-state index contributed by atoms with van der Waals surface area (Å²) in [5, 5.41) is 2.72. The van der Waals surface area contributed by atoms with Crippen molar-refractivity contribution in [1.29, 1.82) is 0 Å². The molecule has 1 aliphatic rings. The molecule has 1 aromatic heterocycles. The van der Waals surface area contributed by atoms with Gasteiger partial charge in [-0.05, 0) is 52.7 Å². The highest BCUT2D eigenvalue weighted by molar-refractivity contribution is 9.10. The molecule has 1 atom stereocenters. The van der Waals surface area contributed by atoms with Crippen molar-refractivity contribution in [3.63, 3.8) is 0 Å². The van der Waals surface area contributed by atoms with Gasteiger partial charge in [-0.25, -0.2) is 0 Å². The Morgan fingerprint density at radius 1 is 1.30 bits per heavy atom. The number of carbonyl (C=O) groups excluding carboxylic acids is 2. The molecule has 2 aromatic rings. The van der Waals surface area contributed by atoms with Crippen molar-refractivity contribution in [3.05, 3.63) is 52.4 Å². The van der Waals surface area contributed by atoms with E-state index in [1.807, 2.05) is 0 Å². The molecule has 0 bridgehead atoms. The monoisotopic (exact) mass is 377 g/mol. The Morgan fingerprint density at radius 3 is 2.78 bits per heavy atom. The van der Waals surface area contributed by atoms with Gasteiger partial charge in [0.05, 0.1) is 0 Å². The number of rotatable bonds is 3. The van der Waals surface area contributed by atoms with Crippen molar-refractivity contribution in [2.45, 2.75) is 12.5 Å². The van der Waals surface area contributed by atoms with Gasteiger partial charge in [-0.15, -0.1) is 0 Å². The molecule has 23 heavy (non-hydrogen) atoms. The van der Waals surface area contributed by atoms with E-state index in [2.05, 4.69) is 21.2 Å². The molecule has 1 aromatic carbocycles. The van der Waals surface area contributed by atoms with Crippen LogP contribution >= 0.6 is 15.9 Å². The molecule has 6 nitrogen and oxygen atoms in total. The van der Waals surface area contributed by atoms with Crippen LogP contribution in [0.15, 0.2) is 45.5 Å². The largest absolute Gasteiger partial charge is 0.444 e. The van der Waals surface area contributed by atoms with E-state index in [0.29, 0.717) is 29.0 Å². The summed E-state index contributed by atoms with van der Waals surface area (Å²) in [6, 6.07) is 10.1. The SMILES string of the molecule is N[C@@H]1CCN(C(=O)c2cccc(NC(=O)c3ccc(Br)o3)c2)C1. The van der Waals surface area contributed by atoms with Gasteiger partial charge in [-0.1, -0.05) is 6.07 Å². The zero-order valence-corrected chi connectivity index (χ0v) is 13.9. The summed E-state index contributed by atoms with van der Waals surface area (Å²) >= 11 is 3.15. The lowest BCUT2D eigenvalue weighted by molar-refractivity contribution is 0.0790. The zero-order chi connectivity index (χ0) is 16.4. The van der Waals surface area contributed by atoms with Crippen molar-refractivity contribution in [3.8, 4) is 0 Å². The Labute approximate surface area is 141 Å². The Morgan fingerprint density at radius 2 is 2.13 bits per heavy atom. The van der Waals surface area contributed by atoms with Crippen molar-refractivity contribution >= 4 is 33.4 Å². The van der Waals surface area contributed by atoms with E-state index in [1.165, 1.54) is 0 Å². The normalized spacial score (nSPS) is 17.3. The van der Waals surface area contributed by atoms with Crippen LogP contribution in [-0.4, -0.2) is 35.8 Å². The standard InChI is InChI=1S/C16H16BrN3O3/c17-14-5-4-13(23-14)15(21)19-12-3-1-2-10(8-12)16(22)20-7-6-11(18)9-20/h1-5,8,11H,6-7,9,18H2,(H,19,21)/t11-/m1/s1. The van der Waals surface area contributed by atoms with E-state index in [1.54, 1.807) is 41.3 Å². The lowest BCUT2D eigenvalue weighted by atomic mass is 10.1. The number of amides is 2. The Bertz CT molecular complexity index is 744. The highest BCUT2D eigenvalue weighted by Crippen LogP contribution is 2.18. The number of anilines is 1. The van der Waals surface area contributed by atoms with E-state index < -0.39 is 0 Å². The van der Waals surface area contributed by atoms with Crippen LogP contribution in [0.5, 0.6) is 0 Å². The second-order valence-electron chi connectivity index (χ2n) is 5.44. The van der Waals surface area contributed by atoms with Crippen LogP contribution in [0.1, 0.15) is 27.3 Å². The van der Waals surface area contributed by atoms with E-state index >= 15 is 0 Å². The van der Waals surface area contributed by atoms with Gasteiger partial charge in [0.25, 0.3) is 11.8 Å². The molecule has 3 rings (SSSR count). The number of benzene rings is 1. The lowest BCUT2D eigenvalue weighted by Crippen LogP contribution is -2.31. The third kappa shape index (κ3) is 3.62. The van der Waals surface area contributed by atoms with Gasteiger partial charge >= 0.3 is 0 Å². The summed E-state index contributed by atoms with van der Waals surface area (Å²) in [5.74, 6) is -0.252. The summed E-state index contributed by atoms with van der Waals surface area (Å²) < 4.78 is 5.69. The number of likely N-dealkylation sites (tertiary alicyclic amines) is 1. The molecular formula is C16H16BrN3O3. The number of nitrogens with zero attached hydrogens (tertiary/aromatic N) is 1. The quantitative estimate of drug-likeness (QED) is 0.859. The third-order valence-electron chi connectivity index (χ3n) is 3.68. The lowest BCUT2D eigenvalue weighted by Gasteiger charge is -2.16. The molecule has 2 heterocycles. The molecule has 0 aliphatic carbocycles. The number of nitrogens with one attached hydrogen (secondary N) is 1. The van der Waals surface area contributed by atoms with Crippen LogP contribution in [-0.2, 0) is 0 Å². The van der Waals surface area contributed by atoms with Gasteiger partial charge in [-0.3, -0.25) is 9.59 Å². The second kappa shape index (κ2) is 6.55. The molecule has 0 radical (unpaired) electrons. The minimum atomic E-state index is -0.372. The number of nitrogens with two attached hydrogens (primary N) is 1. The molecule has 2 amide bonds. The van der Waals surface area contributed by atoms with Gasteiger partial charge in [0.2, 0.25) is 0 Å². The molecule has 120 valence electrons. The highest BCUT2D eigenvalue weighted by atomic mass is 79.9. The van der Waals surface area contributed by atoms with E-state index in [4.69, 9.17) is 10.2 Å². The summed E-state index contributed by atoms with van der Waals surface area (Å²) in [4.78, 5) is 26.2. The van der Waals surface area contributed by atoms with Gasteiger partial charge in [0.1, 0.15) is 0 Å². The minimum absolute atomic E-state index is 0.0410. The fourth-order valence-corrected chi connectivity index (χ4v) is 2.82. The predicted molar refractivity (Wildman–Crippen MR) is 89.3 cm³/mol. The average Bonchev–Trinajstić information content (AvgIpc) is 3.15. The van der Waals surface area contributed by atoms with Crippen LogP contribution in [0.3, 0.4) is 0 Å². The van der Waals surface area contributed by atoms with Gasteiger partial charge in [0, 0.05) is 30.4 Å². The Hall–Kier alpha value is -2.12. The number of hydrogen-bond donors (Lipinski definition) is 2. The molecule has 0 saturated carbocycles. The number of halogens is 1. The Balaban J connectivity index is 1.72. The number of furan rings is 1. The predicted octanol–water partition coefficient (Wildman–Crippen LogP) is 2.47. The maximum atomic E-state index is 12.4. The fourth-order valence-electron chi connectivity index (χ4n) is 2.51. The van der Waals surface area contributed by atoms with Crippen LogP contribution in [0.25, 0.3) is 0 Å². The summed E-state index contributed by atoms with van der Waals surface area (Å²) in [7, 11) is 0. The van der Waals surface area contributed by atoms with Crippen LogP contribution < -0.4 is 11.1 Å². The summed E-state index contributed by atoms with van der Waals surface area (Å²) in [6.45, 7) is 1.23. The zero-order valence-electron chi connectivity index (χ0n) is 12.3. The maximum Gasteiger partial charge on any atom is 0.291 e. The van der Waals surface area contributed by atoms with E-state index in [0.717, 1.165) is 6.42 Å². The fraction of sp³-hybridized carbons (Fsp3) is 0.250. The average molecular weight is 378 g/mol. The van der Waals surface area contributed by atoms with Crippen molar-refractivity contribution in [2.24, 2.45) is 5.73 Å². The van der Waals surface area contributed by atoms with Crippen LogP contribution in [0.2, 0.25) is 0 Å². The van der Waals surface area contributed by atoms with Gasteiger partial charge in [0.15, 0.2) is 10.4 Å². The summed E-state index contributed by atoms with van der Waals surface area (Å²) in [5.41, 5.74) is 6.90. The second-order valence-corrected chi connectivity index (χ2v) is 6.22. The molecule has 3 N–H and O–H groups in total. The van der Waals surface area contributed by atoms with E-state index in [-0.39, 0.29) is 23.6 Å². The first-order valence-corrected chi connectivity index (χ1v) is 8.04. The Kier molecular flexibility index (Phi) is 4.49. The molecule has 1 saturated heterocycles. The first kappa shape index (κ1) is 15.8.